The molecule has 1 aliphatic rings. The Morgan fingerprint density at radius 2 is 1.45 bits per heavy atom. The van der Waals surface area contributed by atoms with Crippen molar-refractivity contribution in [1.82, 2.24) is 24.0 Å². The second-order valence-corrected chi connectivity index (χ2v) is 11.0. The maximum Gasteiger partial charge on any atom is 0.243 e. The number of aryl methyl sites for hydroxylation is 3. The minimum Gasteiger partial charge on any atom is -0.339 e. The van der Waals surface area contributed by atoms with Crippen LogP contribution < -0.4 is 0 Å². The first-order valence-electron chi connectivity index (χ1n) is 10.7. The van der Waals surface area contributed by atoms with Crippen molar-refractivity contribution >= 4 is 27.7 Å². The minimum atomic E-state index is -3.55. The van der Waals surface area contributed by atoms with Crippen molar-refractivity contribution < 1.29 is 13.2 Å². The molecule has 1 fully saturated rings. The van der Waals surface area contributed by atoms with Crippen molar-refractivity contribution in [3.63, 3.8) is 0 Å². The average molecular weight is 486 g/mol. The molecule has 0 aliphatic carbocycles. The lowest BCUT2D eigenvalue weighted by Gasteiger charge is -2.34. The number of amides is 1. The molecule has 0 bridgehead atoms. The highest BCUT2D eigenvalue weighted by Gasteiger charge is 2.30. The number of piperazine rings is 1. The first-order valence-corrected chi connectivity index (χ1v) is 13.1. The van der Waals surface area contributed by atoms with Gasteiger partial charge in [0.05, 0.1) is 10.6 Å². The number of nitrogens with zero attached hydrogens (tertiary/aromatic N) is 5. The van der Waals surface area contributed by atoms with Crippen LogP contribution in [0.15, 0.2) is 58.6 Å². The van der Waals surface area contributed by atoms with E-state index in [9.17, 15) is 13.2 Å². The SMILES string of the molecule is Cc1ccc(-n2c(C)nnc2SCC(=O)N2CCN(S(=O)(=O)c3ccc(C)cc3)CC2)cc1. The minimum absolute atomic E-state index is 0.0384. The Labute approximate surface area is 198 Å². The molecule has 0 spiro atoms. The van der Waals surface area contributed by atoms with Gasteiger partial charge in [0.1, 0.15) is 5.82 Å². The van der Waals surface area contributed by atoms with Crippen LogP contribution in [-0.2, 0) is 14.8 Å². The summed E-state index contributed by atoms with van der Waals surface area (Å²) in [6.07, 6.45) is 0. The van der Waals surface area contributed by atoms with Gasteiger partial charge in [-0.1, -0.05) is 47.2 Å². The molecule has 3 aromatic rings. The van der Waals surface area contributed by atoms with Crippen LogP contribution in [0.5, 0.6) is 0 Å². The number of hydrogen-bond acceptors (Lipinski definition) is 6. The van der Waals surface area contributed by atoms with E-state index in [0.717, 1.165) is 22.6 Å². The van der Waals surface area contributed by atoms with Crippen LogP contribution in [0.1, 0.15) is 17.0 Å². The predicted molar refractivity (Wildman–Crippen MR) is 128 cm³/mol. The fourth-order valence-electron chi connectivity index (χ4n) is 3.68. The van der Waals surface area contributed by atoms with Gasteiger partial charge in [-0.25, -0.2) is 8.42 Å². The summed E-state index contributed by atoms with van der Waals surface area (Å²) < 4.78 is 29.1. The molecule has 2 aromatic carbocycles. The molecule has 2 heterocycles. The molecule has 33 heavy (non-hydrogen) atoms. The van der Waals surface area contributed by atoms with Crippen LogP contribution >= 0.6 is 11.8 Å². The van der Waals surface area contributed by atoms with E-state index in [2.05, 4.69) is 10.2 Å². The van der Waals surface area contributed by atoms with E-state index in [-0.39, 0.29) is 29.6 Å². The summed E-state index contributed by atoms with van der Waals surface area (Å²) in [7, 11) is -3.55. The Balaban J connectivity index is 1.36. The van der Waals surface area contributed by atoms with Crippen LogP contribution in [0.25, 0.3) is 5.69 Å². The van der Waals surface area contributed by atoms with Gasteiger partial charge in [0.25, 0.3) is 0 Å². The van der Waals surface area contributed by atoms with Crippen molar-refractivity contribution in [3.8, 4) is 5.69 Å². The summed E-state index contributed by atoms with van der Waals surface area (Å²) in [5.74, 6) is 0.932. The van der Waals surface area contributed by atoms with E-state index in [0.29, 0.717) is 18.2 Å². The monoisotopic (exact) mass is 485 g/mol. The average Bonchev–Trinajstić information content (AvgIpc) is 3.18. The third-order valence-electron chi connectivity index (χ3n) is 5.66. The summed E-state index contributed by atoms with van der Waals surface area (Å²) in [4.78, 5) is 14.8. The van der Waals surface area contributed by atoms with E-state index in [1.807, 2.05) is 49.6 Å². The van der Waals surface area contributed by atoms with Crippen molar-refractivity contribution in [2.24, 2.45) is 0 Å². The zero-order valence-electron chi connectivity index (χ0n) is 18.9. The maximum absolute atomic E-state index is 12.9. The van der Waals surface area contributed by atoms with Crippen molar-refractivity contribution in [2.75, 3.05) is 31.9 Å². The first kappa shape index (κ1) is 23.5. The fourth-order valence-corrected chi connectivity index (χ4v) is 6.00. The standard InChI is InChI=1S/C23H27N5O3S2/c1-17-4-8-20(9-5-17)28-19(3)24-25-23(28)32-16-22(29)26-12-14-27(15-13-26)33(30,31)21-10-6-18(2)7-11-21/h4-11H,12-16H2,1-3H3. The number of carbonyl (C=O) groups excluding carboxylic acids is 1. The lowest BCUT2D eigenvalue weighted by molar-refractivity contribution is -0.129. The molecule has 0 atom stereocenters. The van der Waals surface area contributed by atoms with Gasteiger partial charge in [-0.3, -0.25) is 9.36 Å². The smallest absolute Gasteiger partial charge is 0.243 e. The predicted octanol–water partition coefficient (Wildman–Crippen LogP) is 2.82. The molecule has 0 saturated carbocycles. The molecule has 1 aromatic heterocycles. The van der Waals surface area contributed by atoms with Crippen molar-refractivity contribution in [1.29, 1.82) is 0 Å². The van der Waals surface area contributed by atoms with Gasteiger partial charge in [-0.2, -0.15) is 4.31 Å². The van der Waals surface area contributed by atoms with E-state index < -0.39 is 10.0 Å². The largest absolute Gasteiger partial charge is 0.339 e. The molecule has 1 aliphatic heterocycles. The van der Waals surface area contributed by atoms with Gasteiger partial charge in [-0.05, 0) is 45.0 Å². The molecule has 1 saturated heterocycles. The molecule has 10 heteroatoms. The van der Waals surface area contributed by atoms with Gasteiger partial charge < -0.3 is 4.90 Å². The number of benzene rings is 2. The number of carbonyl (C=O) groups is 1. The van der Waals surface area contributed by atoms with Crippen LogP contribution in [0.3, 0.4) is 0 Å². The third kappa shape index (κ3) is 5.13. The number of sulfonamides is 1. The number of hydrogen-bond donors (Lipinski definition) is 0. The zero-order chi connectivity index (χ0) is 23.6. The summed E-state index contributed by atoms with van der Waals surface area (Å²) in [6.45, 7) is 7.14. The molecule has 0 N–H and O–H groups in total. The molecule has 0 unspecified atom stereocenters. The Kier molecular flexibility index (Phi) is 6.87. The second kappa shape index (κ2) is 9.66. The summed E-state index contributed by atoms with van der Waals surface area (Å²) in [5.41, 5.74) is 3.13. The molecule has 174 valence electrons. The summed E-state index contributed by atoms with van der Waals surface area (Å²) in [5, 5.41) is 9.06. The molecule has 8 nitrogen and oxygen atoms in total. The first-order chi connectivity index (χ1) is 15.8. The van der Waals surface area contributed by atoms with Crippen LogP contribution in [0, 0.1) is 20.8 Å². The van der Waals surface area contributed by atoms with Gasteiger partial charge in [-0.15, -0.1) is 10.2 Å². The van der Waals surface area contributed by atoms with Gasteiger partial charge >= 0.3 is 0 Å². The molecule has 1 amide bonds. The number of thioether (sulfide) groups is 1. The van der Waals surface area contributed by atoms with Gasteiger partial charge in [0, 0.05) is 31.9 Å². The highest BCUT2D eigenvalue weighted by atomic mass is 32.2. The number of rotatable bonds is 6. The Bertz CT molecular complexity index is 1230. The lowest BCUT2D eigenvalue weighted by atomic mass is 10.2. The quantitative estimate of drug-likeness (QED) is 0.499. The van der Waals surface area contributed by atoms with Gasteiger partial charge in [0.15, 0.2) is 5.16 Å². The third-order valence-corrected chi connectivity index (χ3v) is 8.49. The van der Waals surface area contributed by atoms with E-state index in [4.69, 9.17) is 0 Å². The van der Waals surface area contributed by atoms with Crippen molar-refractivity contribution in [2.45, 2.75) is 30.8 Å². The highest BCUT2D eigenvalue weighted by molar-refractivity contribution is 7.99. The maximum atomic E-state index is 12.9. The van der Waals surface area contributed by atoms with Gasteiger partial charge in [0.2, 0.25) is 15.9 Å². The zero-order valence-corrected chi connectivity index (χ0v) is 20.6. The Hall–Kier alpha value is -2.69. The molecular formula is C23H27N5O3S2. The molecule has 0 radical (unpaired) electrons. The Morgan fingerprint density at radius 3 is 2.06 bits per heavy atom. The normalized spacial score (nSPS) is 15.1. The van der Waals surface area contributed by atoms with Crippen molar-refractivity contribution in [3.05, 3.63) is 65.5 Å². The van der Waals surface area contributed by atoms with E-state index in [1.165, 1.54) is 16.1 Å². The van der Waals surface area contributed by atoms with Crippen LogP contribution in [-0.4, -0.2) is 70.2 Å². The molecule has 4 rings (SSSR count). The lowest BCUT2D eigenvalue weighted by Crippen LogP contribution is -2.50. The summed E-state index contributed by atoms with van der Waals surface area (Å²) in [6, 6.07) is 14.9. The topological polar surface area (TPSA) is 88.4 Å². The fraction of sp³-hybridized carbons (Fsp3) is 0.348. The van der Waals surface area contributed by atoms with Crippen LogP contribution in [0.2, 0.25) is 0 Å². The van der Waals surface area contributed by atoms with E-state index in [1.54, 1.807) is 29.2 Å². The highest BCUT2D eigenvalue weighted by Crippen LogP contribution is 2.23. The molecular weight excluding hydrogens is 458 g/mol. The van der Waals surface area contributed by atoms with E-state index >= 15 is 0 Å². The second-order valence-electron chi connectivity index (χ2n) is 8.09. The summed E-state index contributed by atoms with van der Waals surface area (Å²) >= 11 is 1.34. The Morgan fingerprint density at radius 1 is 0.879 bits per heavy atom. The van der Waals surface area contributed by atoms with Crippen LogP contribution in [0.4, 0.5) is 0 Å². The number of aromatic nitrogens is 3.